The second-order valence-electron chi connectivity index (χ2n) is 6.70. The van der Waals surface area contributed by atoms with Gasteiger partial charge in [0.1, 0.15) is 43.7 Å². The highest BCUT2D eigenvalue weighted by Crippen LogP contribution is 2.42. The molecule has 31 heavy (non-hydrogen) atoms. The van der Waals surface area contributed by atoms with Crippen LogP contribution in [0.15, 0.2) is 69.9 Å². The number of hydrogen-bond donors (Lipinski definition) is 0. The lowest BCUT2D eigenvalue weighted by Gasteiger charge is -2.17. The van der Waals surface area contributed by atoms with Crippen molar-refractivity contribution >= 4 is 16.9 Å². The summed E-state index contributed by atoms with van der Waals surface area (Å²) in [6.07, 6.45) is 0. The first-order valence-electron chi connectivity index (χ1n) is 9.64. The first-order valence-corrected chi connectivity index (χ1v) is 9.64. The van der Waals surface area contributed by atoms with E-state index in [4.69, 9.17) is 13.9 Å². The van der Waals surface area contributed by atoms with E-state index < -0.39 is 19.3 Å². The number of hydrogen-bond acceptors (Lipinski definition) is 5. The van der Waals surface area contributed by atoms with E-state index in [2.05, 4.69) is 0 Å². The molecule has 0 saturated heterocycles. The van der Waals surface area contributed by atoms with Gasteiger partial charge in [0.2, 0.25) is 0 Å². The Morgan fingerprint density at radius 2 is 1.71 bits per heavy atom. The van der Waals surface area contributed by atoms with Gasteiger partial charge in [-0.2, -0.15) is 0 Å². The molecule has 2 aromatic carbocycles. The van der Waals surface area contributed by atoms with Crippen LogP contribution in [0, 0.1) is 0 Å². The van der Waals surface area contributed by atoms with Gasteiger partial charge in [0.15, 0.2) is 5.43 Å². The summed E-state index contributed by atoms with van der Waals surface area (Å²) >= 11 is 0. The molecule has 0 fully saturated rings. The highest BCUT2D eigenvalue weighted by Gasteiger charge is 2.22. The molecule has 0 amide bonds. The molecule has 0 atom stereocenters. The maximum Gasteiger partial charge on any atom is 0.338 e. The average Bonchev–Trinajstić information content (AvgIpc) is 2.79. The minimum Gasteiger partial charge on any atom is -0.491 e. The Morgan fingerprint density at radius 1 is 0.903 bits per heavy atom. The molecule has 0 aromatic heterocycles. The van der Waals surface area contributed by atoms with Gasteiger partial charge in [-0.1, -0.05) is 18.2 Å². The molecule has 1 aliphatic heterocycles. The number of benzene rings is 3. The summed E-state index contributed by atoms with van der Waals surface area (Å²) in [7, 11) is 0. The fourth-order valence-corrected chi connectivity index (χ4v) is 3.48. The van der Waals surface area contributed by atoms with Crippen molar-refractivity contribution in [1.82, 2.24) is 0 Å². The van der Waals surface area contributed by atoms with Crippen LogP contribution in [-0.2, 0) is 4.74 Å². The lowest BCUT2D eigenvalue weighted by molar-refractivity contribution is 0.0482. The van der Waals surface area contributed by atoms with Gasteiger partial charge in [-0.25, -0.2) is 13.6 Å². The van der Waals surface area contributed by atoms with Crippen LogP contribution in [0.1, 0.15) is 10.4 Å². The summed E-state index contributed by atoms with van der Waals surface area (Å²) in [5.74, 6) is 0.0800. The van der Waals surface area contributed by atoms with Crippen LogP contribution >= 0.6 is 0 Å². The zero-order valence-electron chi connectivity index (χ0n) is 16.4. The molecule has 7 heteroatoms. The lowest BCUT2D eigenvalue weighted by atomic mass is 9.91. The van der Waals surface area contributed by atoms with E-state index in [0.717, 1.165) is 0 Å². The molecule has 0 saturated carbocycles. The summed E-state index contributed by atoms with van der Waals surface area (Å²) in [5.41, 5.74) is 2.25. The Hall–Kier alpha value is -3.74. The van der Waals surface area contributed by atoms with Crippen molar-refractivity contribution < 1.29 is 27.5 Å². The number of alkyl halides is 2. The van der Waals surface area contributed by atoms with Crippen molar-refractivity contribution in [3.05, 3.63) is 76.5 Å². The fraction of sp³-hybridized carbons (Fsp3) is 0.167. The number of rotatable bonds is 7. The van der Waals surface area contributed by atoms with E-state index in [1.807, 2.05) is 0 Å². The highest BCUT2D eigenvalue weighted by molar-refractivity contribution is 6.07. The van der Waals surface area contributed by atoms with E-state index in [0.29, 0.717) is 39.2 Å². The quantitative estimate of drug-likeness (QED) is 0.307. The Labute approximate surface area is 176 Å². The molecule has 2 aliphatic rings. The van der Waals surface area contributed by atoms with Gasteiger partial charge < -0.3 is 13.9 Å². The first-order chi connectivity index (χ1) is 15.1. The molecule has 0 bridgehead atoms. The second kappa shape index (κ2) is 8.95. The second-order valence-corrected chi connectivity index (χ2v) is 6.70. The van der Waals surface area contributed by atoms with E-state index in [9.17, 15) is 18.4 Å². The summed E-state index contributed by atoms with van der Waals surface area (Å²) in [4.78, 5) is 24.5. The third-order valence-corrected chi connectivity index (χ3v) is 4.74. The Balaban J connectivity index is 1.99. The summed E-state index contributed by atoms with van der Waals surface area (Å²) in [6, 6.07) is 16.2. The van der Waals surface area contributed by atoms with E-state index in [-0.39, 0.29) is 24.2 Å². The Kier molecular flexibility index (Phi) is 5.93. The van der Waals surface area contributed by atoms with Gasteiger partial charge >= 0.3 is 5.97 Å². The molecule has 1 aliphatic carbocycles. The molecule has 0 unspecified atom stereocenters. The zero-order valence-corrected chi connectivity index (χ0v) is 16.4. The highest BCUT2D eigenvalue weighted by atomic mass is 19.1. The normalized spacial score (nSPS) is 11.0. The molecule has 0 radical (unpaired) electrons. The minimum atomic E-state index is -0.780. The Morgan fingerprint density at radius 3 is 2.52 bits per heavy atom. The largest absolute Gasteiger partial charge is 0.491 e. The number of esters is 1. The summed E-state index contributed by atoms with van der Waals surface area (Å²) in [6.45, 7) is -1.85. The number of carbonyl (C=O) groups is 1. The van der Waals surface area contributed by atoms with E-state index in [1.165, 1.54) is 12.1 Å². The van der Waals surface area contributed by atoms with Crippen molar-refractivity contribution in [3.63, 3.8) is 0 Å². The molecule has 0 N–H and O–H groups in total. The SMILES string of the molecule is O=C(OCCF)c1ccccc1-c1c2ccc(=O)cc-2oc2cc(OCCF)ccc12. The van der Waals surface area contributed by atoms with Crippen molar-refractivity contribution in [1.29, 1.82) is 0 Å². The summed E-state index contributed by atoms with van der Waals surface area (Å²) in [5, 5.41) is 0.657. The Bertz CT molecular complexity index is 1260. The predicted molar refractivity (Wildman–Crippen MR) is 112 cm³/mol. The monoisotopic (exact) mass is 424 g/mol. The van der Waals surface area contributed by atoms with Crippen molar-refractivity contribution in [2.45, 2.75) is 0 Å². The third-order valence-electron chi connectivity index (χ3n) is 4.74. The van der Waals surface area contributed by atoms with Gasteiger partial charge in [0.25, 0.3) is 0 Å². The van der Waals surface area contributed by atoms with E-state index in [1.54, 1.807) is 48.5 Å². The number of halogens is 2. The lowest BCUT2D eigenvalue weighted by Crippen LogP contribution is -2.09. The maximum absolute atomic E-state index is 12.6. The summed E-state index contributed by atoms with van der Waals surface area (Å²) < 4.78 is 41.3. The van der Waals surface area contributed by atoms with Gasteiger partial charge in [-0.15, -0.1) is 0 Å². The third kappa shape index (κ3) is 4.12. The topological polar surface area (TPSA) is 65.7 Å². The van der Waals surface area contributed by atoms with Gasteiger partial charge in [-0.05, 0) is 35.9 Å². The van der Waals surface area contributed by atoms with Crippen LogP contribution in [-0.4, -0.2) is 32.5 Å². The molecule has 0 spiro atoms. The molecule has 2 aromatic rings. The standard InChI is InChI=1S/C24H18F2O5/c25-9-11-29-16-6-8-20-22(14-16)31-21-13-15(27)5-7-19(21)23(20)17-3-1-2-4-18(17)24(28)30-12-10-26/h1-8,13-14H,9-12H2. The van der Waals surface area contributed by atoms with Crippen LogP contribution in [0.25, 0.3) is 33.4 Å². The smallest absolute Gasteiger partial charge is 0.338 e. The minimum absolute atomic E-state index is 0.0973. The number of ether oxygens (including phenoxy) is 2. The van der Waals surface area contributed by atoms with Crippen LogP contribution in [0.3, 0.4) is 0 Å². The first kappa shape index (κ1) is 20.5. The van der Waals surface area contributed by atoms with Crippen molar-refractivity contribution in [2.24, 2.45) is 0 Å². The number of fused-ring (bicyclic) bond motifs is 2. The number of carbonyl (C=O) groups excluding carboxylic acids is 1. The van der Waals surface area contributed by atoms with Crippen LogP contribution < -0.4 is 10.2 Å². The molecule has 1 heterocycles. The molecule has 158 valence electrons. The van der Waals surface area contributed by atoms with Gasteiger partial charge in [0, 0.05) is 28.6 Å². The van der Waals surface area contributed by atoms with Crippen LogP contribution in [0.2, 0.25) is 0 Å². The van der Waals surface area contributed by atoms with Crippen LogP contribution in [0.4, 0.5) is 8.78 Å². The van der Waals surface area contributed by atoms with Gasteiger partial charge in [0.05, 0.1) is 5.56 Å². The molecule has 5 nitrogen and oxygen atoms in total. The van der Waals surface area contributed by atoms with Crippen molar-refractivity contribution in [2.75, 3.05) is 26.6 Å². The maximum atomic E-state index is 12.6. The zero-order chi connectivity index (χ0) is 21.8. The molecule has 4 rings (SSSR count). The van der Waals surface area contributed by atoms with Crippen LogP contribution in [0.5, 0.6) is 5.75 Å². The van der Waals surface area contributed by atoms with E-state index >= 15 is 0 Å². The molecular weight excluding hydrogens is 406 g/mol. The molecular formula is C24H18F2O5. The fourth-order valence-electron chi connectivity index (χ4n) is 3.48. The predicted octanol–water partition coefficient (Wildman–Crippen LogP) is 5.04. The van der Waals surface area contributed by atoms with Crippen molar-refractivity contribution in [3.8, 4) is 28.2 Å². The van der Waals surface area contributed by atoms with Gasteiger partial charge in [-0.3, -0.25) is 4.79 Å². The average molecular weight is 424 g/mol.